The lowest BCUT2D eigenvalue weighted by Gasteiger charge is -2.20. The molecule has 0 aliphatic carbocycles. The molecule has 2 rings (SSSR count). The second-order valence-electron chi connectivity index (χ2n) is 7.22. The third-order valence-corrected chi connectivity index (χ3v) is 4.30. The van der Waals surface area contributed by atoms with Crippen LogP contribution in [0.15, 0.2) is 12.1 Å². The normalized spacial score (nSPS) is 12.9. The molecule has 1 atom stereocenters. The number of halogens is 1. The molecule has 26 heavy (non-hydrogen) atoms. The van der Waals surface area contributed by atoms with Gasteiger partial charge in [-0.3, -0.25) is 9.59 Å². The van der Waals surface area contributed by atoms with Gasteiger partial charge in [-0.2, -0.15) is 9.61 Å². The fourth-order valence-electron chi connectivity index (χ4n) is 2.71. The molecular weight excluding hydrogens is 356 g/mol. The Labute approximate surface area is 158 Å². The van der Waals surface area contributed by atoms with Gasteiger partial charge in [-0.1, -0.05) is 25.4 Å². The van der Waals surface area contributed by atoms with Gasteiger partial charge in [0.05, 0.1) is 29.8 Å². The number of methoxy groups -OCH3 is 1. The summed E-state index contributed by atoms with van der Waals surface area (Å²) in [6.45, 7) is 9.03. The van der Waals surface area contributed by atoms with Crippen molar-refractivity contribution in [3.05, 3.63) is 28.4 Å². The molecule has 0 spiro atoms. The van der Waals surface area contributed by atoms with Gasteiger partial charge in [0, 0.05) is 17.5 Å². The number of hydrogen-bond acceptors (Lipinski definition) is 5. The summed E-state index contributed by atoms with van der Waals surface area (Å²) in [5, 5.41) is 4.86. The van der Waals surface area contributed by atoms with Crippen LogP contribution in [0.2, 0.25) is 5.02 Å². The molecule has 0 radical (unpaired) electrons. The van der Waals surface area contributed by atoms with Gasteiger partial charge in [-0.25, -0.2) is 0 Å². The van der Waals surface area contributed by atoms with Crippen molar-refractivity contribution in [3.8, 4) is 5.88 Å². The Kier molecular flexibility index (Phi) is 5.96. The number of rotatable bonds is 6. The monoisotopic (exact) mass is 380 g/mol. The van der Waals surface area contributed by atoms with Crippen LogP contribution >= 0.6 is 11.6 Å². The van der Waals surface area contributed by atoms with Crippen LogP contribution in [-0.2, 0) is 16.0 Å². The van der Waals surface area contributed by atoms with Crippen LogP contribution in [0, 0.1) is 5.92 Å². The predicted molar refractivity (Wildman–Crippen MR) is 100 cm³/mol. The van der Waals surface area contributed by atoms with Gasteiger partial charge in [0.2, 0.25) is 5.88 Å². The Hall–Kier alpha value is -2.08. The van der Waals surface area contributed by atoms with Gasteiger partial charge in [0.25, 0.3) is 0 Å². The number of ketones is 1. The summed E-state index contributed by atoms with van der Waals surface area (Å²) in [6, 6.07) is 3.33. The molecule has 142 valence electrons. The zero-order chi connectivity index (χ0) is 19.6. The molecule has 0 aliphatic rings. The van der Waals surface area contributed by atoms with E-state index in [4.69, 9.17) is 21.1 Å². The van der Waals surface area contributed by atoms with Crippen LogP contribution in [0.4, 0.5) is 0 Å². The second-order valence-corrected chi connectivity index (χ2v) is 7.60. The van der Waals surface area contributed by atoms with Crippen LogP contribution in [0.1, 0.15) is 57.1 Å². The first-order valence-electron chi connectivity index (χ1n) is 8.59. The number of aromatic nitrogens is 2. The lowest BCUT2D eigenvalue weighted by molar-refractivity contribution is -0.155. The average Bonchev–Trinajstić information content (AvgIpc) is 2.88. The number of ether oxygens (including phenoxy) is 2. The molecule has 2 aromatic heterocycles. The highest BCUT2D eigenvalue weighted by Gasteiger charge is 2.26. The number of pyridine rings is 1. The van der Waals surface area contributed by atoms with Crippen molar-refractivity contribution in [1.29, 1.82) is 0 Å². The lowest BCUT2D eigenvalue weighted by atomic mass is 9.96. The number of fused-ring (bicyclic) bond motifs is 1. The first kappa shape index (κ1) is 20.2. The van der Waals surface area contributed by atoms with Crippen LogP contribution in [0.5, 0.6) is 5.88 Å². The number of nitrogens with zero attached hydrogens (tertiary/aromatic N) is 2. The molecule has 2 aromatic rings. The molecule has 0 amide bonds. The Balaban J connectivity index is 2.38. The van der Waals surface area contributed by atoms with Crippen LogP contribution < -0.4 is 4.74 Å². The predicted octanol–water partition coefficient (Wildman–Crippen LogP) is 4.11. The number of carbonyl (C=O) groups excluding carboxylic acids is 2. The van der Waals surface area contributed by atoms with E-state index in [2.05, 4.69) is 5.10 Å². The Morgan fingerprint density at radius 3 is 2.50 bits per heavy atom. The zero-order valence-electron chi connectivity index (χ0n) is 16.1. The molecule has 0 saturated carbocycles. The first-order valence-corrected chi connectivity index (χ1v) is 8.97. The maximum atomic E-state index is 13.0. The summed E-state index contributed by atoms with van der Waals surface area (Å²) in [5.74, 6) is -0.652. The van der Waals surface area contributed by atoms with E-state index in [1.54, 1.807) is 39.8 Å². The molecule has 0 bridgehead atoms. The molecule has 6 nitrogen and oxygen atoms in total. The number of carbonyl (C=O) groups is 2. The standard InChI is InChI=1S/C19H25ClN2O4/c1-7-13-16(20)17-12(8-9-14(25-6)22(17)21-13)18(24)11(2)10-15(23)26-19(3,4)5/h8-9,11H,7,10H2,1-6H3. The van der Waals surface area contributed by atoms with Crippen LogP contribution in [-0.4, -0.2) is 34.1 Å². The van der Waals surface area contributed by atoms with Gasteiger partial charge in [-0.05, 0) is 33.3 Å². The average molecular weight is 381 g/mol. The van der Waals surface area contributed by atoms with E-state index >= 15 is 0 Å². The van der Waals surface area contributed by atoms with Crippen molar-refractivity contribution in [3.63, 3.8) is 0 Å². The highest BCUT2D eigenvalue weighted by atomic mass is 35.5. The zero-order valence-corrected chi connectivity index (χ0v) is 16.8. The van der Waals surface area contributed by atoms with Crippen LogP contribution in [0.25, 0.3) is 5.52 Å². The van der Waals surface area contributed by atoms with E-state index in [-0.39, 0.29) is 12.2 Å². The summed E-state index contributed by atoms with van der Waals surface area (Å²) in [5.41, 5.74) is 1.02. The lowest BCUT2D eigenvalue weighted by Crippen LogP contribution is -2.26. The quantitative estimate of drug-likeness (QED) is 0.557. The Bertz CT molecular complexity index is 836. The minimum absolute atomic E-state index is 0.000678. The van der Waals surface area contributed by atoms with E-state index in [1.165, 1.54) is 11.6 Å². The minimum atomic E-state index is -0.585. The number of aryl methyl sites for hydroxylation is 1. The van der Waals surface area contributed by atoms with E-state index in [0.717, 1.165) is 0 Å². The van der Waals surface area contributed by atoms with Crippen molar-refractivity contribution >= 4 is 28.9 Å². The maximum absolute atomic E-state index is 13.0. The fourth-order valence-corrected chi connectivity index (χ4v) is 3.06. The van der Waals surface area contributed by atoms with Crippen molar-refractivity contribution in [2.45, 2.75) is 53.1 Å². The van der Waals surface area contributed by atoms with E-state index in [9.17, 15) is 9.59 Å². The van der Waals surface area contributed by atoms with Gasteiger partial charge in [-0.15, -0.1) is 0 Å². The third-order valence-electron chi connectivity index (χ3n) is 3.90. The molecule has 7 heteroatoms. The van der Waals surface area contributed by atoms with Crippen molar-refractivity contribution in [2.24, 2.45) is 5.92 Å². The molecule has 2 heterocycles. The van der Waals surface area contributed by atoms with Crippen molar-refractivity contribution in [1.82, 2.24) is 9.61 Å². The molecule has 0 N–H and O–H groups in total. The summed E-state index contributed by atoms with van der Waals surface area (Å²) in [7, 11) is 1.53. The number of Topliss-reactive ketones (excluding diaryl/α,β-unsaturated/α-hetero) is 1. The molecule has 1 unspecified atom stereocenters. The van der Waals surface area contributed by atoms with Gasteiger partial charge in [0.1, 0.15) is 5.60 Å². The molecule has 0 aromatic carbocycles. The summed E-state index contributed by atoms with van der Waals surface area (Å²) >= 11 is 6.45. The Morgan fingerprint density at radius 2 is 1.96 bits per heavy atom. The summed E-state index contributed by atoms with van der Waals surface area (Å²) in [6.07, 6.45) is 0.630. The number of esters is 1. The van der Waals surface area contributed by atoms with Gasteiger partial charge >= 0.3 is 5.97 Å². The second kappa shape index (κ2) is 7.66. The van der Waals surface area contributed by atoms with Crippen molar-refractivity contribution in [2.75, 3.05) is 7.11 Å². The van der Waals surface area contributed by atoms with Crippen LogP contribution in [0.3, 0.4) is 0 Å². The molecule has 0 aliphatic heterocycles. The highest BCUT2D eigenvalue weighted by molar-refractivity contribution is 6.35. The SMILES string of the molecule is CCc1nn2c(OC)ccc(C(=O)C(C)CC(=O)OC(C)(C)C)c2c1Cl. The number of hydrogen-bond donors (Lipinski definition) is 0. The topological polar surface area (TPSA) is 69.9 Å². The molecule has 0 saturated heterocycles. The fraction of sp³-hybridized carbons (Fsp3) is 0.526. The van der Waals surface area contributed by atoms with Gasteiger partial charge in [0.15, 0.2) is 5.78 Å². The Morgan fingerprint density at radius 1 is 1.31 bits per heavy atom. The highest BCUT2D eigenvalue weighted by Crippen LogP contribution is 2.31. The van der Waals surface area contributed by atoms with E-state index in [1.807, 2.05) is 6.92 Å². The van der Waals surface area contributed by atoms with Crippen molar-refractivity contribution < 1.29 is 19.1 Å². The third kappa shape index (κ3) is 4.18. The maximum Gasteiger partial charge on any atom is 0.307 e. The largest absolute Gasteiger partial charge is 0.481 e. The minimum Gasteiger partial charge on any atom is -0.481 e. The van der Waals surface area contributed by atoms with E-state index in [0.29, 0.717) is 34.1 Å². The van der Waals surface area contributed by atoms with Gasteiger partial charge < -0.3 is 9.47 Å². The van der Waals surface area contributed by atoms with E-state index < -0.39 is 17.5 Å². The summed E-state index contributed by atoms with van der Waals surface area (Å²) < 4.78 is 12.2. The first-order chi connectivity index (χ1) is 12.1. The smallest absolute Gasteiger partial charge is 0.307 e. The molecular formula is C19H25ClN2O4. The summed E-state index contributed by atoms with van der Waals surface area (Å²) in [4.78, 5) is 25.0. The molecule has 0 fully saturated rings.